The summed E-state index contributed by atoms with van der Waals surface area (Å²) in [6, 6.07) is 10.4. The van der Waals surface area contributed by atoms with Gasteiger partial charge in [0.15, 0.2) is 5.96 Å². The lowest BCUT2D eigenvalue weighted by Gasteiger charge is -2.12. The Morgan fingerprint density at radius 1 is 1.35 bits per heavy atom. The quantitative estimate of drug-likeness (QED) is 0.239. The minimum atomic E-state index is 0. The van der Waals surface area contributed by atoms with Crippen molar-refractivity contribution in [1.82, 2.24) is 15.6 Å². The Balaban J connectivity index is 0.00000243. The summed E-state index contributed by atoms with van der Waals surface area (Å²) >= 11 is 0. The van der Waals surface area contributed by atoms with Crippen LogP contribution < -0.4 is 10.6 Å². The van der Waals surface area contributed by atoms with Gasteiger partial charge in [-0.3, -0.25) is 4.99 Å². The molecule has 1 atom stereocenters. The number of benzene rings is 1. The van der Waals surface area contributed by atoms with Gasteiger partial charge in [-0.05, 0) is 36.8 Å². The van der Waals surface area contributed by atoms with E-state index in [0.29, 0.717) is 19.3 Å². The normalized spacial score (nSPS) is 17.3. The van der Waals surface area contributed by atoms with Crippen LogP contribution in [0.4, 0.5) is 0 Å². The summed E-state index contributed by atoms with van der Waals surface area (Å²) in [6.07, 6.45) is 3.54. The van der Waals surface area contributed by atoms with Crippen molar-refractivity contribution in [2.24, 2.45) is 4.99 Å². The lowest BCUT2D eigenvalue weighted by molar-refractivity contribution is 0.0168. The monoisotopic (exact) mass is 472 g/mol. The number of nitrogens with one attached hydrogen (secondary N) is 3. The van der Waals surface area contributed by atoms with Crippen molar-refractivity contribution in [3.8, 4) is 0 Å². The minimum absolute atomic E-state index is 0. The topological polar surface area (TPSA) is 70.7 Å². The molecule has 144 valence electrons. The number of rotatable bonds is 8. The highest BCUT2D eigenvalue weighted by Gasteiger charge is 2.14. The number of nitrogens with zero attached hydrogens (tertiary/aromatic N) is 1. The first-order valence-corrected chi connectivity index (χ1v) is 9.05. The Bertz CT molecular complexity index is 650. The standard InChI is InChI=1S/C19H28N4O2.HI/c1-20-19(21-9-5-10-24-14-17-7-4-11-25-17)22-13-16-12-15-6-2-3-8-18(15)23-16;/h2-3,6,8,12,17,23H,4-5,7,9-11,13-14H2,1H3,(H2,20,21,22);1H. The van der Waals surface area contributed by atoms with Gasteiger partial charge in [-0.15, -0.1) is 24.0 Å². The van der Waals surface area contributed by atoms with Gasteiger partial charge >= 0.3 is 0 Å². The molecule has 0 amide bonds. The van der Waals surface area contributed by atoms with Gasteiger partial charge in [0, 0.05) is 38.0 Å². The number of halogens is 1. The summed E-state index contributed by atoms with van der Waals surface area (Å²) < 4.78 is 11.2. The summed E-state index contributed by atoms with van der Waals surface area (Å²) in [5.74, 6) is 0.804. The van der Waals surface area contributed by atoms with E-state index in [2.05, 4.69) is 44.9 Å². The van der Waals surface area contributed by atoms with Gasteiger partial charge in [-0.1, -0.05) is 18.2 Å². The molecule has 1 saturated heterocycles. The van der Waals surface area contributed by atoms with Crippen molar-refractivity contribution in [1.29, 1.82) is 0 Å². The van der Waals surface area contributed by atoms with Crippen LogP contribution in [-0.2, 0) is 16.0 Å². The number of aliphatic imine (C=N–C) groups is 1. The molecule has 3 N–H and O–H groups in total. The molecular formula is C19H29IN4O2. The van der Waals surface area contributed by atoms with Gasteiger partial charge in [-0.25, -0.2) is 0 Å². The molecule has 1 unspecified atom stereocenters. The van der Waals surface area contributed by atoms with Gasteiger partial charge in [0.2, 0.25) is 0 Å². The van der Waals surface area contributed by atoms with Crippen LogP contribution in [0.1, 0.15) is 25.0 Å². The van der Waals surface area contributed by atoms with Crippen molar-refractivity contribution in [2.75, 3.05) is 33.4 Å². The van der Waals surface area contributed by atoms with E-state index in [-0.39, 0.29) is 24.0 Å². The lowest BCUT2D eigenvalue weighted by atomic mass is 10.2. The summed E-state index contributed by atoms with van der Waals surface area (Å²) in [6.45, 7) is 3.88. The zero-order valence-electron chi connectivity index (χ0n) is 15.3. The Labute approximate surface area is 172 Å². The molecule has 1 fully saturated rings. The molecule has 2 aromatic rings. The molecule has 6 nitrogen and oxygen atoms in total. The smallest absolute Gasteiger partial charge is 0.191 e. The number of H-pyrrole nitrogens is 1. The minimum Gasteiger partial charge on any atom is -0.379 e. The molecule has 7 heteroatoms. The van der Waals surface area contributed by atoms with Crippen molar-refractivity contribution < 1.29 is 9.47 Å². The maximum Gasteiger partial charge on any atom is 0.191 e. The van der Waals surface area contributed by atoms with Crippen LogP contribution in [0.3, 0.4) is 0 Å². The van der Waals surface area contributed by atoms with Crippen LogP contribution in [0.25, 0.3) is 10.9 Å². The molecule has 0 radical (unpaired) electrons. The zero-order valence-corrected chi connectivity index (χ0v) is 17.6. The van der Waals surface area contributed by atoms with E-state index in [0.717, 1.165) is 56.2 Å². The molecule has 1 aliphatic heterocycles. The number of guanidine groups is 1. The summed E-state index contributed by atoms with van der Waals surface area (Å²) in [7, 11) is 1.79. The number of ether oxygens (including phenoxy) is 2. The van der Waals surface area contributed by atoms with E-state index >= 15 is 0 Å². The van der Waals surface area contributed by atoms with E-state index in [1.54, 1.807) is 7.05 Å². The second-order valence-corrected chi connectivity index (χ2v) is 6.30. The number of fused-ring (bicyclic) bond motifs is 1. The van der Waals surface area contributed by atoms with E-state index in [9.17, 15) is 0 Å². The predicted octanol–water partition coefficient (Wildman–Crippen LogP) is 3.04. The highest BCUT2D eigenvalue weighted by molar-refractivity contribution is 14.0. The molecule has 26 heavy (non-hydrogen) atoms. The molecule has 0 saturated carbocycles. The Morgan fingerprint density at radius 3 is 3.00 bits per heavy atom. The van der Waals surface area contributed by atoms with Crippen LogP contribution in [-0.4, -0.2) is 50.5 Å². The van der Waals surface area contributed by atoms with E-state index in [4.69, 9.17) is 9.47 Å². The number of para-hydroxylation sites is 1. The highest BCUT2D eigenvalue weighted by Crippen LogP contribution is 2.14. The van der Waals surface area contributed by atoms with Gasteiger partial charge in [0.25, 0.3) is 0 Å². The summed E-state index contributed by atoms with van der Waals surface area (Å²) in [5, 5.41) is 7.87. The molecule has 3 rings (SSSR count). The van der Waals surface area contributed by atoms with E-state index < -0.39 is 0 Å². The fraction of sp³-hybridized carbons (Fsp3) is 0.526. The van der Waals surface area contributed by atoms with Crippen molar-refractivity contribution >= 4 is 40.8 Å². The zero-order chi connectivity index (χ0) is 17.3. The SMILES string of the molecule is CN=C(NCCCOCC1CCCO1)NCc1cc2ccccc2[nH]1.I. The number of aromatic nitrogens is 1. The van der Waals surface area contributed by atoms with Gasteiger partial charge in [0.05, 0.1) is 19.3 Å². The first-order chi connectivity index (χ1) is 12.3. The molecule has 1 aliphatic rings. The summed E-state index contributed by atoms with van der Waals surface area (Å²) in [4.78, 5) is 7.67. The average molecular weight is 472 g/mol. The summed E-state index contributed by atoms with van der Waals surface area (Å²) in [5.41, 5.74) is 2.30. The molecule has 0 spiro atoms. The molecule has 1 aromatic heterocycles. The van der Waals surface area contributed by atoms with Crippen molar-refractivity contribution in [3.63, 3.8) is 0 Å². The van der Waals surface area contributed by atoms with Crippen LogP contribution in [0, 0.1) is 0 Å². The van der Waals surface area contributed by atoms with Gasteiger partial charge in [0.1, 0.15) is 0 Å². The number of hydrogen-bond acceptors (Lipinski definition) is 3. The van der Waals surface area contributed by atoms with Crippen LogP contribution in [0.5, 0.6) is 0 Å². The first kappa shape index (κ1) is 21.0. The molecule has 2 heterocycles. The number of aromatic amines is 1. The molecule has 0 aliphatic carbocycles. The Morgan fingerprint density at radius 2 is 2.23 bits per heavy atom. The molecular weight excluding hydrogens is 443 g/mol. The number of hydrogen-bond donors (Lipinski definition) is 3. The first-order valence-electron chi connectivity index (χ1n) is 9.05. The largest absolute Gasteiger partial charge is 0.379 e. The Hall–Kier alpha value is -1.32. The second-order valence-electron chi connectivity index (χ2n) is 6.30. The van der Waals surface area contributed by atoms with Crippen molar-refractivity contribution in [3.05, 3.63) is 36.0 Å². The maximum absolute atomic E-state index is 5.67. The third kappa shape index (κ3) is 6.44. The molecule has 1 aromatic carbocycles. The van der Waals surface area contributed by atoms with Gasteiger partial charge < -0.3 is 25.1 Å². The highest BCUT2D eigenvalue weighted by atomic mass is 127. The van der Waals surface area contributed by atoms with Gasteiger partial charge in [-0.2, -0.15) is 0 Å². The van der Waals surface area contributed by atoms with Crippen LogP contribution in [0.2, 0.25) is 0 Å². The van der Waals surface area contributed by atoms with E-state index in [1.165, 1.54) is 5.39 Å². The van der Waals surface area contributed by atoms with Crippen LogP contribution >= 0.6 is 24.0 Å². The third-order valence-corrected chi connectivity index (χ3v) is 4.34. The molecule has 0 bridgehead atoms. The fourth-order valence-electron chi connectivity index (χ4n) is 3.00. The second kappa shape index (κ2) is 11.4. The van der Waals surface area contributed by atoms with E-state index in [1.807, 2.05) is 6.07 Å². The Kier molecular flexibility index (Phi) is 9.21. The predicted molar refractivity (Wildman–Crippen MR) is 116 cm³/mol. The fourth-order valence-corrected chi connectivity index (χ4v) is 3.00. The van der Waals surface area contributed by atoms with Crippen molar-refractivity contribution in [2.45, 2.75) is 31.9 Å². The van der Waals surface area contributed by atoms with Crippen LogP contribution in [0.15, 0.2) is 35.3 Å². The average Bonchev–Trinajstić information content (AvgIpc) is 3.29. The third-order valence-electron chi connectivity index (χ3n) is 4.34. The lowest BCUT2D eigenvalue weighted by Crippen LogP contribution is -2.37. The maximum atomic E-state index is 5.67.